The van der Waals surface area contributed by atoms with E-state index < -0.39 is 23.7 Å². The number of carbonyl (C=O) groups excluding carboxylic acids is 3. The minimum Gasteiger partial charge on any atom is -0.361 e. The van der Waals surface area contributed by atoms with Crippen LogP contribution in [0.4, 0.5) is 0 Å². The molecule has 6 heteroatoms. The fourth-order valence-corrected chi connectivity index (χ4v) is 4.80. The molecule has 0 bridgehead atoms. The molecular weight excluding hydrogens is 426 g/mol. The lowest BCUT2D eigenvalue weighted by molar-refractivity contribution is -0.140. The van der Waals surface area contributed by atoms with E-state index in [-0.39, 0.29) is 5.78 Å². The molecule has 0 aliphatic carbocycles. The summed E-state index contributed by atoms with van der Waals surface area (Å²) in [5, 5.41) is 1.10. The summed E-state index contributed by atoms with van der Waals surface area (Å²) in [7, 11) is 0. The minimum absolute atomic E-state index is 0.333. The zero-order valence-electron chi connectivity index (χ0n) is 19.1. The van der Waals surface area contributed by atoms with Crippen LogP contribution >= 0.6 is 0 Å². The molecule has 2 aromatic carbocycles. The lowest BCUT2D eigenvalue weighted by atomic mass is 9.86. The summed E-state index contributed by atoms with van der Waals surface area (Å²) in [6, 6.07) is 16.5. The summed E-state index contributed by atoms with van der Waals surface area (Å²) in [6.07, 6.45) is 5.54. The predicted molar refractivity (Wildman–Crippen MR) is 129 cm³/mol. The third-order valence-electron chi connectivity index (χ3n) is 6.60. The standard InChI is InChI=1S/C28H25N3O3/c1-17-5-8-19(9-6-17)25-24(26(32)21-4-3-12-29-15-21)27(33)28(34)31(25)13-11-20-16-30-23-14-18(2)7-10-22(20)23/h3-10,12,14-16,24-25,30H,11,13H2,1-2H3. The van der Waals surface area contributed by atoms with Gasteiger partial charge in [-0.05, 0) is 55.2 Å². The average Bonchev–Trinajstić information content (AvgIpc) is 3.36. The number of rotatable bonds is 6. The van der Waals surface area contributed by atoms with E-state index in [1.165, 1.54) is 6.20 Å². The van der Waals surface area contributed by atoms with Gasteiger partial charge in [-0.1, -0.05) is 42.0 Å². The van der Waals surface area contributed by atoms with Crippen LogP contribution in [0.25, 0.3) is 10.9 Å². The van der Waals surface area contributed by atoms with Crippen LogP contribution in [0.2, 0.25) is 0 Å². The monoisotopic (exact) mass is 451 g/mol. The van der Waals surface area contributed by atoms with Gasteiger partial charge in [0.25, 0.3) is 5.91 Å². The molecule has 1 fully saturated rings. The Balaban J connectivity index is 1.50. The van der Waals surface area contributed by atoms with E-state index in [0.717, 1.165) is 33.2 Å². The summed E-state index contributed by atoms with van der Waals surface area (Å²) < 4.78 is 0. The number of ketones is 2. The van der Waals surface area contributed by atoms with E-state index >= 15 is 0 Å². The Hall–Kier alpha value is -4.06. The van der Waals surface area contributed by atoms with Crippen molar-refractivity contribution in [2.24, 2.45) is 5.92 Å². The maximum Gasteiger partial charge on any atom is 0.291 e. The normalized spacial score (nSPS) is 18.1. The second-order valence-corrected chi connectivity index (χ2v) is 8.91. The second-order valence-electron chi connectivity index (χ2n) is 8.91. The number of H-pyrrole nitrogens is 1. The molecule has 1 N–H and O–H groups in total. The number of pyridine rings is 1. The molecule has 34 heavy (non-hydrogen) atoms. The van der Waals surface area contributed by atoms with Crippen LogP contribution in [-0.2, 0) is 16.0 Å². The molecule has 2 aromatic heterocycles. The van der Waals surface area contributed by atoms with Crippen molar-refractivity contribution in [3.05, 3.63) is 101 Å². The number of benzene rings is 2. The second kappa shape index (κ2) is 8.71. The van der Waals surface area contributed by atoms with Crippen molar-refractivity contribution in [3.63, 3.8) is 0 Å². The molecule has 1 aliphatic rings. The first-order valence-electron chi connectivity index (χ1n) is 11.4. The van der Waals surface area contributed by atoms with Gasteiger partial charge >= 0.3 is 0 Å². The molecular formula is C28H25N3O3. The van der Waals surface area contributed by atoms with Crippen LogP contribution in [0.5, 0.6) is 0 Å². The van der Waals surface area contributed by atoms with Crippen molar-refractivity contribution in [2.45, 2.75) is 26.3 Å². The lowest BCUT2D eigenvalue weighted by Gasteiger charge is -2.27. The SMILES string of the molecule is Cc1ccc(C2C(C(=O)c3cccnc3)C(=O)C(=O)N2CCc2c[nH]c3cc(C)ccc23)cc1. The van der Waals surface area contributed by atoms with Gasteiger partial charge in [0.05, 0.1) is 6.04 Å². The Morgan fingerprint density at radius 3 is 2.53 bits per heavy atom. The highest BCUT2D eigenvalue weighted by atomic mass is 16.2. The highest BCUT2D eigenvalue weighted by molar-refractivity contribution is 6.44. The number of carbonyl (C=O) groups is 3. The smallest absolute Gasteiger partial charge is 0.291 e. The number of aromatic nitrogens is 2. The van der Waals surface area contributed by atoms with Gasteiger partial charge in [-0.2, -0.15) is 0 Å². The largest absolute Gasteiger partial charge is 0.361 e. The molecule has 6 nitrogen and oxygen atoms in total. The molecule has 2 unspecified atom stereocenters. The molecule has 170 valence electrons. The molecule has 1 saturated heterocycles. The maximum absolute atomic E-state index is 13.4. The number of likely N-dealkylation sites (tertiary alicyclic amines) is 1. The molecule has 3 heterocycles. The van der Waals surface area contributed by atoms with Crippen LogP contribution in [0.1, 0.15) is 38.7 Å². The number of hydrogen-bond acceptors (Lipinski definition) is 4. The Morgan fingerprint density at radius 1 is 1.03 bits per heavy atom. The summed E-state index contributed by atoms with van der Waals surface area (Å²) >= 11 is 0. The van der Waals surface area contributed by atoms with Gasteiger partial charge in [0.2, 0.25) is 5.78 Å². The molecule has 0 spiro atoms. The number of hydrogen-bond donors (Lipinski definition) is 1. The average molecular weight is 452 g/mol. The fraction of sp³-hybridized carbons (Fsp3) is 0.214. The van der Waals surface area contributed by atoms with Gasteiger partial charge in [0, 0.05) is 41.6 Å². The van der Waals surface area contributed by atoms with Gasteiger partial charge in [-0.3, -0.25) is 19.4 Å². The number of nitrogens with zero attached hydrogens (tertiary/aromatic N) is 2. The highest BCUT2D eigenvalue weighted by Gasteiger charge is 2.51. The van der Waals surface area contributed by atoms with Crippen LogP contribution < -0.4 is 0 Å². The number of fused-ring (bicyclic) bond motifs is 1. The topological polar surface area (TPSA) is 83.1 Å². The number of amides is 1. The van der Waals surface area contributed by atoms with Gasteiger partial charge in [0.1, 0.15) is 5.92 Å². The highest BCUT2D eigenvalue weighted by Crippen LogP contribution is 2.38. The molecule has 1 aliphatic heterocycles. The van der Waals surface area contributed by atoms with Crippen LogP contribution in [0.15, 0.2) is 73.2 Å². The van der Waals surface area contributed by atoms with Crippen molar-refractivity contribution in [2.75, 3.05) is 6.54 Å². The molecule has 2 atom stereocenters. The first-order valence-corrected chi connectivity index (χ1v) is 11.4. The van der Waals surface area contributed by atoms with Crippen LogP contribution in [0.3, 0.4) is 0 Å². The molecule has 0 saturated carbocycles. The number of nitrogens with one attached hydrogen (secondary N) is 1. The van der Waals surface area contributed by atoms with Crippen LogP contribution in [0, 0.1) is 19.8 Å². The van der Waals surface area contributed by atoms with Crippen molar-refractivity contribution >= 4 is 28.4 Å². The molecule has 4 aromatic rings. The van der Waals surface area contributed by atoms with E-state index in [1.807, 2.05) is 44.3 Å². The number of Topliss-reactive ketones (excluding diaryl/α,β-unsaturated/α-hetero) is 2. The fourth-order valence-electron chi connectivity index (χ4n) is 4.80. The van der Waals surface area contributed by atoms with Gasteiger partial charge in [-0.15, -0.1) is 0 Å². The van der Waals surface area contributed by atoms with Gasteiger partial charge < -0.3 is 9.88 Å². The molecule has 1 amide bonds. The van der Waals surface area contributed by atoms with Gasteiger partial charge in [0.15, 0.2) is 5.78 Å². The third-order valence-corrected chi connectivity index (χ3v) is 6.60. The van der Waals surface area contributed by atoms with Crippen molar-refractivity contribution < 1.29 is 14.4 Å². The Kier molecular flexibility index (Phi) is 5.57. The van der Waals surface area contributed by atoms with Crippen LogP contribution in [-0.4, -0.2) is 38.9 Å². The Bertz CT molecular complexity index is 1390. The van der Waals surface area contributed by atoms with E-state index in [9.17, 15) is 14.4 Å². The summed E-state index contributed by atoms with van der Waals surface area (Å²) in [5.41, 5.74) is 5.45. The Labute approximate surface area is 197 Å². The molecule has 0 radical (unpaired) electrons. The van der Waals surface area contributed by atoms with E-state index in [2.05, 4.69) is 28.2 Å². The van der Waals surface area contributed by atoms with Crippen molar-refractivity contribution in [1.82, 2.24) is 14.9 Å². The summed E-state index contributed by atoms with van der Waals surface area (Å²) in [4.78, 5) is 48.6. The summed E-state index contributed by atoms with van der Waals surface area (Å²) in [6.45, 7) is 4.35. The first kappa shape index (κ1) is 21.8. The predicted octanol–water partition coefficient (Wildman–Crippen LogP) is 4.37. The lowest BCUT2D eigenvalue weighted by Crippen LogP contribution is -2.32. The first-order chi connectivity index (χ1) is 16.4. The number of aromatic amines is 1. The van der Waals surface area contributed by atoms with Crippen molar-refractivity contribution in [3.8, 4) is 0 Å². The van der Waals surface area contributed by atoms with E-state index in [0.29, 0.717) is 18.5 Å². The quantitative estimate of drug-likeness (QED) is 0.268. The minimum atomic E-state index is -1.09. The summed E-state index contributed by atoms with van der Waals surface area (Å²) in [5.74, 6) is -2.73. The van der Waals surface area contributed by atoms with Gasteiger partial charge in [-0.25, -0.2) is 0 Å². The number of aryl methyl sites for hydroxylation is 2. The zero-order chi connectivity index (χ0) is 23.8. The Morgan fingerprint density at radius 2 is 1.79 bits per heavy atom. The maximum atomic E-state index is 13.4. The molecule has 5 rings (SSSR count). The van der Waals surface area contributed by atoms with E-state index in [4.69, 9.17) is 0 Å². The third kappa shape index (κ3) is 3.81. The van der Waals surface area contributed by atoms with Crippen molar-refractivity contribution in [1.29, 1.82) is 0 Å². The zero-order valence-corrected chi connectivity index (χ0v) is 19.1. The van der Waals surface area contributed by atoms with E-state index in [1.54, 1.807) is 23.2 Å².